The van der Waals surface area contributed by atoms with Crippen LogP contribution >= 0.6 is 0 Å². The number of anilines is 1. The molecule has 1 fully saturated rings. The molecule has 0 spiro atoms. The van der Waals surface area contributed by atoms with Gasteiger partial charge in [0.25, 0.3) is 0 Å². The zero-order chi connectivity index (χ0) is 33.3. The second-order valence-corrected chi connectivity index (χ2v) is 11.6. The number of nitrogens with zero attached hydrogens (tertiary/aromatic N) is 6. The first-order valence-electron chi connectivity index (χ1n) is 13.9. The molecule has 1 aromatic carbocycles. The number of carbonyl (C=O) groups is 2. The quantitative estimate of drug-likeness (QED) is 0.282. The largest absolute Gasteiger partial charge is 0.481 e. The van der Waals surface area contributed by atoms with Gasteiger partial charge in [-0.1, -0.05) is 6.92 Å². The first-order chi connectivity index (χ1) is 20.9. The van der Waals surface area contributed by atoms with Gasteiger partial charge in [-0.2, -0.15) is 31.4 Å². The first-order valence-corrected chi connectivity index (χ1v) is 13.9. The third-order valence-electron chi connectivity index (χ3n) is 7.61. The van der Waals surface area contributed by atoms with E-state index in [9.17, 15) is 41.0 Å². The number of carboxylic acids is 1. The first kappa shape index (κ1) is 33.5. The molecule has 0 saturated carbocycles. The second-order valence-electron chi connectivity index (χ2n) is 11.6. The number of aliphatic carboxylic acids is 1. The fraction of sp³-hybridized carbons (Fsp3) is 0.483. The van der Waals surface area contributed by atoms with E-state index in [0.29, 0.717) is 29.7 Å². The van der Waals surface area contributed by atoms with E-state index >= 15 is 0 Å². The molecule has 244 valence electrons. The molecule has 1 saturated heterocycles. The number of alkyl halides is 6. The molecule has 1 aliphatic rings. The molecule has 2 unspecified atom stereocenters. The lowest BCUT2D eigenvalue weighted by Gasteiger charge is -2.30. The van der Waals surface area contributed by atoms with Crippen molar-refractivity contribution >= 4 is 18.0 Å². The molecular formula is C29H32F6N6O4. The smallest absolute Gasteiger partial charge is 0.416 e. The number of benzene rings is 1. The van der Waals surface area contributed by atoms with Gasteiger partial charge in [0.05, 0.1) is 28.8 Å². The number of halogens is 6. The van der Waals surface area contributed by atoms with E-state index in [1.165, 1.54) is 36.0 Å². The van der Waals surface area contributed by atoms with Crippen molar-refractivity contribution in [3.63, 3.8) is 0 Å². The molecule has 45 heavy (non-hydrogen) atoms. The minimum atomic E-state index is -5.03. The monoisotopic (exact) mass is 642 g/mol. The molecule has 16 heteroatoms. The number of aryl methyl sites for hydroxylation is 1. The molecule has 1 aliphatic heterocycles. The van der Waals surface area contributed by atoms with Crippen molar-refractivity contribution < 1.29 is 45.8 Å². The van der Waals surface area contributed by atoms with Crippen molar-refractivity contribution in [2.75, 3.05) is 18.1 Å². The number of hydrogen-bond acceptors (Lipinski definition) is 7. The van der Waals surface area contributed by atoms with E-state index in [1.54, 1.807) is 31.0 Å². The minimum absolute atomic E-state index is 0.0238. The molecule has 3 aromatic rings. The van der Waals surface area contributed by atoms with Crippen LogP contribution in [-0.4, -0.2) is 67.1 Å². The predicted octanol–water partition coefficient (Wildman–Crippen LogP) is 6.02. The van der Waals surface area contributed by atoms with Crippen LogP contribution in [0.3, 0.4) is 0 Å². The Bertz CT molecular complexity index is 1490. The van der Waals surface area contributed by atoms with Crippen molar-refractivity contribution in [3.8, 4) is 11.1 Å². The predicted molar refractivity (Wildman–Crippen MR) is 149 cm³/mol. The van der Waals surface area contributed by atoms with Crippen LogP contribution in [0.25, 0.3) is 11.1 Å². The van der Waals surface area contributed by atoms with Crippen LogP contribution in [0, 0.1) is 5.41 Å². The lowest BCUT2D eigenvalue weighted by molar-refractivity contribution is -0.149. The molecule has 1 N–H and O–H groups in total. The maximum atomic E-state index is 13.6. The third-order valence-corrected chi connectivity index (χ3v) is 7.61. The van der Waals surface area contributed by atoms with Gasteiger partial charge in [0.15, 0.2) is 0 Å². The van der Waals surface area contributed by atoms with Crippen LogP contribution in [0.15, 0.2) is 43.0 Å². The summed E-state index contributed by atoms with van der Waals surface area (Å²) in [5.41, 5.74) is -3.28. The molecule has 4 rings (SSSR count). The summed E-state index contributed by atoms with van der Waals surface area (Å²) in [7, 11) is 1.72. The fourth-order valence-corrected chi connectivity index (χ4v) is 4.97. The lowest BCUT2D eigenvalue weighted by Crippen LogP contribution is -2.41. The Hall–Kier alpha value is -4.37. The van der Waals surface area contributed by atoms with Crippen LogP contribution in [0.5, 0.6) is 0 Å². The van der Waals surface area contributed by atoms with E-state index in [4.69, 9.17) is 4.74 Å². The van der Waals surface area contributed by atoms with Crippen LogP contribution in [0.4, 0.5) is 37.1 Å². The highest BCUT2D eigenvalue weighted by atomic mass is 19.4. The fourth-order valence-electron chi connectivity index (χ4n) is 4.97. The Balaban J connectivity index is 1.70. The molecule has 0 aliphatic carbocycles. The van der Waals surface area contributed by atoms with Gasteiger partial charge in [0.1, 0.15) is 6.61 Å². The van der Waals surface area contributed by atoms with E-state index in [1.807, 2.05) is 0 Å². The van der Waals surface area contributed by atoms with Crippen molar-refractivity contribution in [2.45, 2.75) is 64.6 Å². The number of aromatic nitrogens is 4. The van der Waals surface area contributed by atoms with Gasteiger partial charge in [-0.05, 0) is 50.5 Å². The maximum Gasteiger partial charge on any atom is 0.416 e. The second kappa shape index (κ2) is 12.6. The third kappa shape index (κ3) is 7.84. The van der Waals surface area contributed by atoms with E-state index in [2.05, 4.69) is 15.1 Å². The van der Waals surface area contributed by atoms with Gasteiger partial charge in [0, 0.05) is 55.9 Å². The van der Waals surface area contributed by atoms with Crippen molar-refractivity contribution in [2.24, 2.45) is 12.5 Å². The minimum Gasteiger partial charge on any atom is -0.481 e. The molecular weight excluding hydrogens is 610 g/mol. The average Bonchev–Trinajstić information content (AvgIpc) is 3.60. The zero-order valence-electron chi connectivity index (χ0n) is 24.9. The maximum absolute atomic E-state index is 13.6. The Kier molecular flexibility index (Phi) is 9.35. The number of rotatable bonds is 9. The van der Waals surface area contributed by atoms with Gasteiger partial charge in [-0.25, -0.2) is 14.8 Å². The number of amides is 1. The van der Waals surface area contributed by atoms with Crippen LogP contribution < -0.4 is 4.90 Å². The van der Waals surface area contributed by atoms with Gasteiger partial charge in [0.2, 0.25) is 5.95 Å². The summed E-state index contributed by atoms with van der Waals surface area (Å²) in [5.74, 6) is -1.14. The van der Waals surface area contributed by atoms with Gasteiger partial charge in [-0.3, -0.25) is 9.48 Å². The molecule has 1 amide bonds. The Labute approximate surface area is 254 Å². The molecule has 3 heterocycles. The number of carboxylic acid groups (broad SMARTS) is 1. The van der Waals surface area contributed by atoms with E-state index in [-0.39, 0.29) is 30.5 Å². The summed E-state index contributed by atoms with van der Waals surface area (Å²) in [6, 6.07) is 0.311. The topological polar surface area (TPSA) is 114 Å². The molecule has 0 bridgehead atoms. The Morgan fingerprint density at radius 1 is 1.00 bits per heavy atom. The van der Waals surface area contributed by atoms with Gasteiger partial charge >= 0.3 is 24.4 Å². The zero-order valence-corrected chi connectivity index (χ0v) is 24.9. The summed E-state index contributed by atoms with van der Waals surface area (Å²) in [5, 5.41) is 13.5. The summed E-state index contributed by atoms with van der Waals surface area (Å²) in [6.07, 6.45) is -3.91. The van der Waals surface area contributed by atoms with Gasteiger partial charge < -0.3 is 19.6 Å². The van der Waals surface area contributed by atoms with Crippen molar-refractivity contribution in [3.05, 3.63) is 59.7 Å². The van der Waals surface area contributed by atoms with E-state index < -0.39 is 66.2 Å². The molecule has 10 nitrogen and oxygen atoms in total. The highest BCUT2D eigenvalue weighted by molar-refractivity contribution is 5.75. The molecule has 0 radical (unpaired) electrons. The Morgan fingerprint density at radius 2 is 1.60 bits per heavy atom. The normalized spacial score (nSPS) is 17.4. The summed E-state index contributed by atoms with van der Waals surface area (Å²) >= 11 is 0. The molecule has 2 aromatic heterocycles. The summed E-state index contributed by atoms with van der Waals surface area (Å²) in [6.45, 7) is 3.72. The number of ether oxygens (including phenoxy) is 1. The lowest BCUT2D eigenvalue weighted by atomic mass is 9.95. The van der Waals surface area contributed by atoms with E-state index in [0.717, 1.165) is 0 Å². The number of hydrogen-bond donors (Lipinski definition) is 1. The highest BCUT2D eigenvalue weighted by Crippen LogP contribution is 2.37. The number of likely N-dealkylation sites (tertiary alicyclic amines) is 1. The number of carbonyl (C=O) groups excluding carboxylic acids is 1. The van der Waals surface area contributed by atoms with Crippen molar-refractivity contribution in [1.82, 2.24) is 24.6 Å². The standard InChI is InChI=1S/C29H32F6N6O4/c1-5-22-9-23(15-41(22)26(44)45-16-27(2,3)24(42)43)40(25-36-10-18(11-37-25)19-12-38-39(4)14-19)13-17-6-20(28(30,31)32)8-21(7-17)29(33,34)35/h6-8,10-12,14,22-23H,5,9,13,15-16H2,1-4H3,(H,42,43). The van der Waals surface area contributed by atoms with Crippen LogP contribution in [-0.2, 0) is 35.5 Å². The van der Waals surface area contributed by atoms with Crippen LogP contribution in [0.2, 0.25) is 0 Å². The van der Waals surface area contributed by atoms with Crippen LogP contribution in [0.1, 0.15) is 50.3 Å². The highest BCUT2D eigenvalue weighted by Gasteiger charge is 2.41. The molecule has 2 atom stereocenters. The summed E-state index contributed by atoms with van der Waals surface area (Å²) in [4.78, 5) is 36.2. The van der Waals surface area contributed by atoms with Crippen molar-refractivity contribution in [1.29, 1.82) is 0 Å². The Morgan fingerprint density at radius 3 is 2.09 bits per heavy atom. The SMILES string of the molecule is CCC1CC(N(Cc2cc(C(F)(F)F)cc(C(F)(F)F)c2)c2ncc(-c3cnn(C)c3)cn2)CN1C(=O)OCC(C)(C)C(=O)O. The van der Waals surface area contributed by atoms with Gasteiger partial charge in [-0.15, -0.1) is 0 Å². The summed E-state index contributed by atoms with van der Waals surface area (Å²) < 4.78 is 88.7. The average molecular weight is 643 g/mol.